The normalized spacial score (nSPS) is 16.9. The van der Waals surface area contributed by atoms with Crippen LogP contribution in [0, 0.1) is 6.92 Å². The predicted octanol–water partition coefficient (Wildman–Crippen LogP) is 1.24. The molecule has 1 saturated heterocycles. The second-order valence-corrected chi connectivity index (χ2v) is 4.57. The van der Waals surface area contributed by atoms with E-state index in [9.17, 15) is 0 Å². The Morgan fingerprint density at radius 1 is 1.32 bits per heavy atom. The standard InChI is InChI=1S/C13H17N3O3/c1-10-11-2-3-12(14-13(11)19-15-10)18-9-6-16-4-7-17-8-5-16/h2-3H,4-9H2,1H3. The minimum absolute atomic E-state index is 0.529. The van der Waals surface area contributed by atoms with Gasteiger partial charge >= 0.3 is 0 Å². The Kier molecular flexibility index (Phi) is 3.61. The second kappa shape index (κ2) is 5.54. The third-order valence-corrected chi connectivity index (χ3v) is 3.25. The first-order chi connectivity index (χ1) is 9.33. The molecule has 3 rings (SSSR count). The monoisotopic (exact) mass is 263 g/mol. The highest BCUT2D eigenvalue weighted by atomic mass is 16.5. The average molecular weight is 263 g/mol. The first-order valence-corrected chi connectivity index (χ1v) is 6.49. The summed E-state index contributed by atoms with van der Waals surface area (Å²) in [4.78, 5) is 6.60. The molecule has 6 nitrogen and oxygen atoms in total. The molecule has 0 unspecified atom stereocenters. The molecular formula is C13H17N3O3. The van der Waals surface area contributed by atoms with Gasteiger partial charge in [-0.2, -0.15) is 4.98 Å². The van der Waals surface area contributed by atoms with E-state index in [1.165, 1.54) is 0 Å². The van der Waals surface area contributed by atoms with E-state index in [1.54, 1.807) is 0 Å². The molecule has 0 aromatic carbocycles. The fourth-order valence-electron chi connectivity index (χ4n) is 2.11. The second-order valence-electron chi connectivity index (χ2n) is 4.57. The number of aryl methyl sites for hydroxylation is 1. The van der Waals surface area contributed by atoms with Gasteiger partial charge in [0.1, 0.15) is 6.61 Å². The summed E-state index contributed by atoms with van der Waals surface area (Å²) < 4.78 is 16.1. The van der Waals surface area contributed by atoms with Crippen molar-refractivity contribution < 1.29 is 14.0 Å². The predicted molar refractivity (Wildman–Crippen MR) is 69.3 cm³/mol. The zero-order chi connectivity index (χ0) is 13.1. The summed E-state index contributed by atoms with van der Waals surface area (Å²) in [7, 11) is 0. The Bertz CT molecular complexity index is 549. The molecule has 0 bridgehead atoms. The molecule has 0 amide bonds. The van der Waals surface area contributed by atoms with Gasteiger partial charge < -0.3 is 14.0 Å². The van der Waals surface area contributed by atoms with E-state index in [0.717, 1.165) is 43.9 Å². The molecule has 2 aromatic rings. The van der Waals surface area contributed by atoms with Crippen LogP contribution in [0.3, 0.4) is 0 Å². The van der Waals surface area contributed by atoms with Crippen LogP contribution in [0.1, 0.15) is 5.69 Å². The SMILES string of the molecule is Cc1noc2nc(OCCN3CCOCC3)ccc12. The lowest BCUT2D eigenvalue weighted by Crippen LogP contribution is -2.38. The number of ether oxygens (including phenoxy) is 2. The molecule has 0 radical (unpaired) electrons. The average Bonchev–Trinajstić information content (AvgIpc) is 2.81. The summed E-state index contributed by atoms with van der Waals surface area (Å²) >= 11 is 0. The lowest BCUT2D eigenvalue weighted by atomic mass is 10.3. The molecular weight excluding hydrogens is 246 g/mol. The van der Waals surface area contributed by atoms with Crippen molar-refractivity contribution in [3.63, 3.8) is 0 Å². The molecule has 1 aliphatic heterocycles. The van der Waals surface area contributed by atoms with Crippen molar-refractivity contribution in [3.8, 4) is 5.88 Å². The van der Waals surface area contributed by atoms with E-state index in [2.05, 4.69) is 15.0 Å². The molecule has 0 aliphatic carbocycles. The van der Waals surface area contributed by atoms with Crippen LogP contribution in [0.5, 0.6) is 5.88 Å². The quantitative estimate of drug-likeness (QED) is 0.827. The van der Waals surface area contributed by atoms with Gasteiger partial charge in [-0.3, -0.25) is 4.90 Å². The van der Waals surface area contributed by atoms with Crippen LogP contribution >= 0.6 is 0 Å². The van der Waals surface area contributed by atoms with Crippen molar-refractivity contribution >= 4 is 11.1 Å². The highest BCUT2D eigenvalue weighted by Gasteiger charge is 2.11. The zero-order valence-corrected chi connectivity index (χ0v) is 11.0. The molecule has 0 atom stereocenters. The van der Waals surface area contributed by atoms with E-state index in [-0.39, 0.29) is 0 Å². The van der Waals surface area contributed by atoms with Crippen molar-refractivity contribution in [1.82, 2.24) is 15.0 Å². The Morgan fingerprint density at radius 3 is 3.00 bits per heavy atom. The van der Waals surface area contributed by atoms with E-state index in [4.69, 9.17) is 14.0 Å². The van der Waals surface area contributed by atoms with Crippen LogP contribution < -0.4 is 4.74 Å². The number of hydrogen-bond donors (Lipinski definition) is 0. The van der Waals surface area contributed by atoms with Crippen molar-refractivity contribution in [2.75, 3.05) is 39.5 Å². The molecule has 0 spiro atoms. The Morgan fingerprint density at radius 2 is 2.16 bits per heavy atom. The maximum absolute atomic E-state index is 5.64. The minimum Gasteiger partial charge on any atom is -0.476 e. The smallest absolute Gasteiger partial charge is 0.261 e. The topological polar surface area (TPSA) is 60.6 Å². The first-order valence-electron chi connectivity index (χ1n) is 6.49. The third-order valence-electron chi connectivity index (χ3n) is 3.25. The zero-order valence-electron chi connectivity index (χ0n) is 11.0. The van der Waals surface area contributed by atoms with Gasteiger partial charge in [0.25, 0.3) is 5.71 Å². The number of nitrogens with zero attached hydrogens (tertiary/aromatic N) is 3. The summed E-state index contributed by atoms with van der Waals surface area (Å²) in [5.41, 5.74) is 1.38. The molecule has 0 N–H and O–H groups in total. The van der Waals surface area contributed by atoms with Crippen LogP contribution in [0.4, 0.5) is 0 Å². The summed E-state index contributed by atoms with van der Waals surface area (Å²) in [6.07, 6.45) is 0. The van der Waals surface area contributed by atoms with Gasteiger partial charge in [-0.1, -0.05) is 5.16 Å². The van der Waals surface area contributed by atoms with Gasteiger partial charge in [-0.25, -0.2) is 0 Å². The number of fused-ring (bicyclic) bond motifs is 1. The summed E-state index contributed by atoms with van der Waals surface area (Å²) in [5.74, 6) is 0.580. The third kappa shape index (κ3) is 2.85. The van der Waals surface area contributed by atoms with Gasteiger partial charge in [0, 0.05) is 25.7 Å². The van der Waals surface area contributed by atoms with E-state index >= 15 is 0 Å². The molecule has 1 aliphatic rings. The maximum Gasteiger partial charge on any atom is 0.261 e. The van der Waals surface area contributed by atoms with Gasteiger partial charge in [0.2, 0.25) is 5.88 Å². The molecule has 3 heterocycles. The van der Waals surface area contributed by atoms with Crippen molar-refractivity contribution in [1.29, 1.82) is 0 Å². The molecule has 1 fully saturated rings. The first kappa shape index (κ1) is 12.4. The minimum atomic E-state index is 0.529. The van der Waals surface area contributed by atoms with Gasteiger partial charge in [-0.15, -0.1) is 0 Å². The fraction of sp³-hybridized carbons (Fsp3) is 0.538. The Balaban J connectivity index is 1.56. The van der Waals surface area contributed by atoms with E-state index < -0.39 is 0 Å². The van der Waals surface area contributed by atoms with Crippen molar-refractivity contribution in [2.24, 2.45) is 0 Å². The highest BCUT2D eigenvalue weighted by Crippen LogP contribution is 2.19. The number of rotatable bonds is 4. The Labute approximate surface area is 111 Å². The van der Waals surface area contributed by atoms with Crippen LogP contribution in [0.25, 0.3) is 11.1 Å². The highest BCUT2D eigenvalue weighted by molar-refractivity contribution is 5.75. The van der Waals surface area contributed by atoms with Crippen LogP contribution in [0.15, 0.2) is 16.7 Å². The van der Waals surface area contributed by atoms with Crippen molar-refractivity contribution in [3.05, 3.63) is 17.8 Å². The number of pyridine rings is 1. The summed E-state index contributed by atoms with van der Waals surface area (Å²) in [6.45, 7) is 6.95. The summed E-state index contributed by atoms with van der Waals surface area (Å²) in [6, 6.07) is 3.78. The fourth-order valence-corrected chi connectivity index (χ4v) is 2.11. The molecule has 2 aromatic heterocycles. The van der Waals surface area contributed by atoms with Gasteiger partial charge in [-0.05, 0) is 13.0 Å². The van der Waals surface area contributed by atoms with E-state index in [0.29, 0.717) is 18.2 Å². The lowest BCUT2D eigenvalue weighted by molar-refractivity contribution is 0.0320. The van der Waals surface area contributed by atoms with Gasteiger partial charge in [0.15, 0.2) is 0 Å². The molecule has 102 valence electrons. The number of aromatic nitrogens is 2. The maximum atomic E-state index is 5.64. The molecule has 6 heteroatoms. The van der Waals surface area contributed by atoms with Crippen LogP contribution in [-0.2, 0) is 4.74 Å². The molecule has 0 saturated carbocycles. The van der Waals surface area contributed by atoms with Gasteiger partial charge in [0.05, 0.1) is 24.3 Å². The van der Waals surface area contributed by atoms with Crippen LogP contribution in [0.2, 0.25) is 0 Å². The summed E-state index contributed by atoms with van der Waals surface area (Å²) in [5, 5.41) is 4.81. The number of morpholine rings is 1. The largest absolute Gasteiger partial charge is 0.476 e. The molecule has 19 heavy (non-hydrogen) atoms. The Hall–Kier alpha value is -1.66. The number of hydrogen-bond acceptors (Lipinski definition) is 6. The lowest BCUT2D eigenvalue weighted by Gasteiger charge is -2.26. The van der Waals surface area contributed by atoms with Crippen molar-refractivity contribution in [2.45, 2.75) is 6.92 Å². The van der Waals surface area contributed by atoms with Crippen LogP contribution in [-0.4, -0.2) is 54.5 Å². The van der Waals surface area contributed by atoms with E-state index in [1.807, 2.05) is 19.1 Å².